The van der Waals surface area contributed by atoms with Crippen molar-refractivity contribution in [1.82, 2.24) is 10.3 Å². The van der Waals surface area contributed by atoms with Crippen molar-refractivity contribution in [2.45, 2.75) is 51.7 Å². The molecular formula is C24H32F2N4O4S. The molecule has 0 spiro atoms. The number of hydrogen-bond donors (Lipinski definition) is 2. The van der Waals surface area contributed by atoms with Crippen molar-refractivity contribution in [3.05, 3.63) is 29.6 Å². The molecule has 0 unspecified atom stereocenters. The Morgan fingerprint density at radius 1 is 1.26 bits per heavy atom. The number of benzene rings is 1. The highest BCUT2D eigenvalue weighted by Crippen LogP contribution is 2.31. The molecule has 35 heavy (non-hydrogen) atoms. The molecule has 1 fully saturated rings. The molecule has 0 aliphatic carbocycles. The number of methoxy groups -OCH3 is 1. The average molecular weight is 511 g/mol. The summed E-state index contributed by atoms with van der Waals surface area (Å²) in [6.07, 6.45) is -2.05. The van der Waals surface area contributed by atoms with Gasteiger partial charge in [-0.05, 0) is 45.7 Å². The molecule has 1 aromatic heterocycles. The molecule has 2 amide bonds. The number of nitrogens with one attached hydrogen (secondary N) is 2. The van der Waals surface area contributed by atoms with Crippen LogP contribution >= 0.6 is 11.3 Å². The summed E-state index contributed by atoms with van der Waals surface area (Å²) in [5.41, 5.74) is 1.79. The maximum atomic E-state index is 13.0. The molecule has 0 radical (unpaired) electrons. The Hall–Kier alpha value is -2.79. The highest BCUT2D eigenvalue weighted by Gasteiger charge is 2.27. The minimum Gasteiger partial charge on any atom is -0.444 e. The Kier molecular flexibility index (Phi) is 9.01. The third kappa shape index (κ3) is 7.86. The maximum Gasteiger partial charge on any atom is 0.408 e. The lowest BCUT2D eigenvalue weighted by Crippen LogP contribution is -2.48. The summed E-state index contributed by atoms with van der Waals surface area (Å²) in [4.78, 5) is 31.4. The first kappa shape index (κ1) is 26.8. The van der Waals surface area contributed by atoms with Crippen molar-refractivity contribution in [3.63, 3.8) is 0 Å². The number of alkyl halides is 2. The van der Waals surface area contributed by atoms with E-state index in [-0.39, 0.29) is 6.61 Å². The zero-order valence-electron chi connectivity index (χ0n) is 20.3. The van der Waals surface area contributed by atoms with Crippen molar-refractivity contribution in [2.24, 2.45) is 5.92 Å². The van der Waals surface area contributed by atoms with Crippen LogP contribution in [-0.2, 0) is 14.3 Å². The third-order valence-corrected chi connectivity index (χ3v) is 6.24. The van der Waals surface area contributed by atoms with Gasteiger partial charge in [-0.25, -0.2) is 18.6 Å². The number of ether oxygens (including phenoxy) is 2. The minimum atomic E-state index is -2.27. The lowest BCUT2D eigenvalue weighted by atomic mass is 9.97. The van der Waals surface area contributed by atoms with Gasteiger partial charge in [-0.3, -0.25) is 4.79 Å². The van der Waals surface area contributed by atoms with Crippen molar-refractivity contribution in [2.75, 3.05) is 37.0 Å². The van der Waals surface area contributed by atoms with E-state index in [2.05, 4.69) is 20.5 Å². The number of carbonyl (C=O) groups excluding carboxylic acids is 2. The average Bonchev–Trinajstić information content (AvgIpc) is 3.26. The SMILES string of the molecule is COC[C@H](NC(=O)OC(C)(C)C)C(=O)Nc1nc(-c2cccc(N3CCC(C(F)F)CC3)c2)cs1. The lowest BCUT2D eigenvalue weighted by Gasteiger charge is -2.33. The number of alkyl carbamates (subject to hydrolysis) is 1. The quantitative estimate of drug-likeness (QED) is 0.532. The fraction of sp³-hybridized carbons (Fsp3) is 0.542. The molecule has 1 aromatic carbocycles. The monoisotopic (exact) mass is 510 g/mol. The first-order valence-corrected chi connectivity index (χ1v) is 12.3. The summed E-state index contributed by atoms with van der Waals surface area (Å²) in [7, 11) is 1.43. The summed E-state index contributed by atoms with van der Waals surface area (Å²) in [6, 6.07) is 6.79. The van der Waals surface area contributed by atoms with Crippen LogP contribution in [0.3, 0.4) is 0 Å². The zero-order chi connectivity index (χ0) is 25.6. The van der Waals surface area contributed by atoms with Gasteiger partial charge in [-0.1, -0.05) is 12.1 Å². The Morgan fingerprint density at radius 2 is 1.97 bits per heavy atom. The Labute approximate surface area is 208 Å². The number of nitrogens with zero attached hydrogens (tertiary/aromatic N) is 2. The molecular weight excluding hydrogens is 478 g/mol. The minimum absolute atomic E-state index is 0.0341. The van der Waals surface area contributed by atoms with Crippen LogP contribution in [0.4, 0.5) is 24.4 Å². The maximum absolute atomic E-state index is 13.0. The second-order valence-corrected chi connectivity index (χ2v) is 10.2. The van der Waals surface area contributed by atoms with Gasteiger partial charge in [-0.15, -0.1) is 11.3 Å². The number of rotatable bonds is 8. The smallest absolute Gasteiger partial charge is 0.408 e. The normalized spacial score (nSPS) is 15.7. The first-order chi connectivity index (χ1) is 16.6. The number of amides is 2. The van der Waals surface area contributed by atoms with Gasteiger partial charge >= 0.3 is 6.09 Å². The fourth-order valence-electron chi connectivity index (χ4n) is 3.73. The molecule has 1 aliphatic rings. The van der Waals surface area contributed by atoms with E-state index in [1.54, 1.807) is 20.8 Å². The largest absolute Gasteiger partial charge is 0.444 e. The van der Waals surface area contributed by atoms with Crippen LogP contribution in [0.2, 0.25) is 0 Å². The fourth-order valence-corrected chi connectivity index (χ4v) is 4.45. The third-order valence-electron chi connectivity index (χ3n) is 5.48. The second kappa shape index (κ2) is 11.8. The Bertz CT molecular complexity index is 1000. The van der Waals surface area contributed by atoms with Crippen molar-refractivity contribution in [3.8, 4) is 11.3 Å². The van der Waals surface area contributed by atoms with Crippen LogP contribution in [-0.4, -0.2) is 61.9 Å². The van der Waals surface area contributed by atoms with E-state index in [0.29, 0.717) is 36.8 Å². The molecule has 11 heteroatoms. The van der Waals surface area contributed by atoms with E-state index in [1.807, 2.05) is 29.6 Å². The number of anilines is 2. The molecule has 192 valence electrons. The molecule has 2 aromatic rings. The lowest BCUT2D eigenvalue weighted by molar-refractivity contribution is -0.119. The summed E-state index contributed by atoms with van der Waals surface area (Å²) < 4.78 is 36.2. The summed E-state index contributed by atoms with van der Waals surface area (Å²) in [6.45, 7) is 6.33. The van der Waals surface area contributed by atoms with Crippen LogP contribution in [0, 0.1) is 5.92 Å². The van der Waals surface area contributed by atoms with Gasteiger partial charge in [0.15, 0.2) is 5.13 Å². The van der Waals surface area contributed by atoms with Crippen molar-refractivity contribution in [1.29, 1.82) is 0 Å². The molecule has 0 saturated carbocycles. The van der Waals surface area contributed by atoms with Crippen LogP contribution < -0.4 is 15.5 Å². The molecule has 1 atom stereocenters. The van der Waals surface area contributed by atoms with E-state index in [1.165, 1.54) is 18.4 Å². The Morgan fingerprint density at radius 3 is 2.60 bits per heavy atom. The number of piperidine rings is 1. The molecule has 1 aliphatic heterocycles. The predicted molar refractivity (Wildman–Crippen MR) is 132 cm³/mol. The van der Waals surface area contributed by atoms with E-state index in [0.717, 1.165) is 11.3 Å². The number of thiazole rings is 1. The van der Waals surface area contributed by atoms with E-state index in [4.69, 9.17) is 9.47 Å². The number of aromatic nitrogens is 1. The highest BCUT2D eigenvalue weighted by atomic mass is 32.1. The summed E-state index contributed by atoms with van der Waals surface area (Å²) in [5.74, 6) is -1.01. The number of hydrogen-bond acceptors (Lipinski definition) is 7. The van der Waals surface area contributed by atoms with Gasteiger partial charge in [0.2, 0.25) is 6.43 Å². The van der Waals surface area contributed by atoms with E-state index in [9.17, 15) is 18.4 Å². The van der Waals surface area contributed by atoms with Crippen LogP contribution in [0.1, 0.15) is 33.6 Å². The standard InChI is InChI=1S/C24H32F2N4O4S/c1-24(2,3)34-23(32)28-18(13-33-4)21(31)29-22-27-19(14-35-22)16-6-5-7-17(12-16)30-10-8-15(9-11-30)20(25)26/h5-7,12,14-15,18,20H,8-11,13H2,1-4H3,(H,28,32)(H,27,29,31)/t18-/m0/s1. The van der Waals surface area contributed by atoms with Gasteiger partial charge in [0.25, 0.3) is 5.91 Å². The highest BCUT2D eigenvalue weighted by molar-refractivity contribution is 7.14. The summed E-state index contributed by atoms with van der Waals surface area (Å²) >= 11 is 1.26. The van der Waals surface area contributed by atoms with Gasteiger partial charge in [-0.2, -0.15) is 0 Å². The molecule has 2 N–H and O–H groups in total. The van der Waals surface area contributed by atoms with Crippen LogP contribution in [0.15, 0.2) is 29.6 Å². The zero-order valence-corrected chi connectivity index (χ0v) is 21.2. The van der Waals surface area contributed by atoms with Gasteiger partial charge in [0.1, 0.15) is 11.6 Å². The first-order valence-electron chi connectivity index (χ1n) is 11.4. The molecule has 3 rings (SSSR count). The Balaban J connectivity index is 1.64. The van der Waals surface area contributed by atoms with Crippen molar-refractivity contribution >= 4 is 34.2 Å². The molecule has 0 bridgehead atoms. The molecule has 8 nitrogen and oxygen atoms in total. The van der Waals surface area contributed by atoms with E-state index < -0.39 is 36.0 Å². The molecule has 1 saturated heterocycles. The topological polar surface area (TPSA) is 92.8 Å². The number of halogens is 2. The van der Waals surface area contributed by atoms with Crippen LogP contribution in [0.5, 0.6) is 0 Å². The van der Waals surface area contributed by atoms with Crippen molar-refractivity contribution < 1.29 is 27.8 Å². The van der Waals surface area contributed by atoms with Gasteiger partial charge < -0.3 is 25.0 Å². The van der Waals surface area contributed by atoms with Gasteiger partial charge in [0.05, 0.1) is 12.3 Å². The number of carbonyl (C=O) groups is 2. The van der Waals surface area contributed by atoms with E-state index >= 15 is 0 Å². The summed E-state index contributed by atoms with van der Waals surface area (Å²) in [5, 5.41) is 7.43. The molecule has 2 heterocycles. The van der Waals surface area contributed by atoms with Crippen LogP contribution in [0.25, 0.3) is 11.3 Å². The van der Waals surface area contributed by atoms with Gasteiger partial charge in [0, 0.05) is 42.7 Å². The predicted octanol–water partition coefficient (Wildman–Crippen LogP) is 4.77. The second-order valence-electron chi connectivity index (χ2n) is 9.39.